The van der Waals surface area contributed by atoms with Gasteiger partial charge < -0.3 is 20.1 Å². The largest absolute Gasteiger partial charge is 0.497 e. The number of methoxy groups -OCH3 is 2. The van der Waals surface area contributed by atoms with Crippen LogP contribution < -0.4 is 20.1 Å². The summed E-state index contributed by atoms with van der Waals surface area (Å²) in [6.45, 7) is 0. The van der Waals surface area contributed by atoms with Crippen LogP contribution in [0.3, 0.4) is 0 Å². The summed E-state index contributed by atoms with van der Waals surface area (Å²) in [5.41, 5.74) is 4.02. The molecule has 0 atom stereocenters. The van der Waals surface area contributed by atoms with E-state index in [1.54, 1.807) is 48.3 Å². The molecule has 174 valence electrons. The molecule has 0 radical (unpaired) electrons. The molecule has 2 amide bonds. The van der Waals surface area contributed by atoms with Crippen molar-refractivity contribution < 1.29 is 14.3 Å². The smallest absolute Gasteiger partial charge is 0.323 e. The number of nitrogens with one attached hydrogen (secondary N) is 2. The number of ether oxygens (including phenoxy) is 2. The molecule has 0 saturated carbocycles. The lowest BCUT2D eigenvalue weighted by atomic mass is 10.1. The first-order valence-corrected chi connectivity index (χ1v) is 10.7. The molecule has 0 unspecified atom stereocenters. The van der Waals surface area contributed by atoms with E-state index in [0.717, 1.165) is 11.1 Å². The summed E-state index contributed by atoms with van der Waals surface area (Å²) in [5, 5.41) is 18.8. The van der Waals surface area contributed by atoms with E-state index < -0.39 is 6.03 Å². The fourth-order valence-corrected chi connectivity index (χ4v) is 3.57. The van der Waals surface area contributed by atoms with Crippen LogP contribution in [0.15, 0.2) is 79.1 Å². The zero-order chi connectivity index (χ0) is 24.2. The minimum absolute atomic E-state index is 0.421. The zero-order valence-electron chi connectivity index (χ0n) is 19.0. The maximum Gasteiger partial charge on any atom is 0.323 e. The van der Waals surface area contributed by atoms with Crippen molar-refractivity contribution in [3.05, 3.63) is 79.1 Å². The molecule has 0 aliphatic carbocycles. The second kappa shape index (κ2) is 9.48. The van der Waals surface area contributed by atoms with Crippen LogP contribution in [0.2, 0.25) is 0 Å². The number of carbonyl (C=O) groups excluding carboxylic acids is 1. The van der Waals surface area contributed by atoms with E-state index in [2.05, 4.69) is 25.8 Å². The van der Waals surface area contributed by atoms with Gasteiger partial charge in [-0.2, -0.15) is 9.61 Å². The maximum absolute atomic E-state index is 12.7. The van der Waals surface area contributed by atoms with Gasteiger partial charge in [0, 0.05) is 35.3 Å². The van der Waals surface area contributed by atoms with Crippen LogP contribution >= 0.6 is 0 Å². The second-order valence-corrected chi connectivity index (χ2v) is 7.48. The Kier molecular flexibility index (Phi) is 5.91. The summed E-state index contributed by atoms with van der Waals surface area (Å²) < 4.78 is 12.2. The zero-order valence-corrected chi connectivity index (χ0v) is 19.0. The predicted octanol–water partition coefficient (Wildman–Crippen LogP) is 4.51. The Hall–Kier alpha value is -4.99. The van der Waals surface area contributed by atoms with Crippen molar-refractivity contribution in [2.75, 3.05) is 24.9 Å². The summed E-state index contributed by atoms with van der Waals surface area (Å²) in [6.07, 6.45) is 3.41. The number of fused-ring (bicyclic) bond motifs is 1. The van der Waals surface area contributed by atoms with Crippen LogP contribution in [-0.4, -0.2) is 45.0 Å². The van der Waals surface area contributed by atoms with E-state index in [9.17, 15) is 4.79 Å². The van der Waals surface area contributed by atoms with Crippen molar-refractivity contribution >= 4 is 23.1 Å². The monoisotopic (exact) mass is 467 g/mol. The third kappa shape index (κ3) is 4.58. The molecule has 0 spiro atoms. The van der Waals surface area contributed by atoms with Crippen LogP contribution in [0.5, 0.6) is 11.5 Å². The van der Waals surface area contributed by atoms with Gasteiger partial charge in [-0.25, -0.2) is 4.79 Å². The number of rotatable bonds is 6. The quantitative estimate of drug-likeness (QED) is 0.377. The van der Waals surface area contributed by atoms with Crippen LogP contribution in [0.25, 0.3) is 28.3 Å². The lowest BCUT2D eigenvalue weighted by Gasteiger charge is -2.13. The van der Waals surface area contributed by atoms with Crippen LogP contribution in [0.4, 0.5) is 16.2 Å². The van der Waals surface area contributed by atoms with Crippen molar-refractivity contribution in [3.8, 4) is 34.1 Å². The number of aromatic nitrogens is 5. The van der Waals surface area contributed by atoms with Gasteiger partial charge in [0.1, 0.15) is 11.5 Å². The standard InChI is InChI=1S/C25H21N7O3/c1-34-19-8-10-22(35-2)21(14-19)28-25(33)27-18-7-3-5-16(13-18)20-9-11-23-29-30-24(32(23)31-20)17-6-4-12-26-15-17/h3-15H,1-2H3,(H2,27,28,33). The van der Waals surface area contributed by atoms with Crippen molar-refractivity contribution in [3.63, 3.8) is 0 Å². The lowest BCUT2D eigenvalue weighted by molar-refractivity contribution is 0.262. The molecule has 3 aromatic heterocycles. The Morgan fingerprint density at radius 2 is 1.77 bits per heavy atom. The number of amides is 2. The van der Waals surface area contributed by atoms with Crippen molar-refractivity contribution in [1.29, 1.82) is 0 Å². The highest BCUT2D eigenvalue weighted by atomic mass is 16.5. The summed E-state index contributed by atoms with van der Waals surface area (Å²) in [7, 11) is 3.09. The normalized spacial score (nSPS) is 10.7. The molecule has 10 heteroatoms. The van der Waals surface area contributed by atoms with Crippen LogP contribution in [0.1, 0.15) is 0 Å². The number of anilines is 2. The second-order valence-electron chi connectivity index (χ2n) is 7.48. The number of benzene rings is 2. The summed E-state index contributed by atoms with van der Waals surface area (Å²) in [5.74, 6) is 1.71. The number of carbonyl (C=O) groups is 1. The Morgan fingerprint density at radius 1 is 0.886 bits per heavy atom. The number of urea groups is 1. The molecule has 0 bridgehead atoms. The average Bonchev–Trinajstić information content (AvgIpc) is 3.32. The fraction of sp³-hybridized carbons (Fsp3) is 0.0800. The molecule has 0 aliphatic rings. The molecule has 0 fully saturated rings. The molecule has 35 heavy (non-hydrogen) atoms. The van der Waals surface area contributed by atoms with Gasteiger partial charge >= 0.3 is 6.03 Å². The molecule has 2 aromatic carbocycles. The van der Waals surface area contributed by atoms with Crippen molar-refractivity contribution in [1.82, 2.24) is 24.8 Å². The SMILES string of the molecule is COc1ccc(OC)c(NC(=O)Nc2cccc(-c3ccc4nnc(-c5cccnc5)n4n3)c2)c1. The first-order chi connectivity index (χ1) is 17.1. The van der Waals surface area contributed by atoms with Crippen LogP contribution in [-0.2, 0) is 0 Å². The molecular weight excluding hydrogens is 446 g/mol. The highest BCUT2D eigenvalue weighted by Gasteiger charge is 2.13. The van der Waals surface area contributed by atoms with E-state index >= 15 is 0 Å². The molecular formula is C25H21N7O3. The van der Waals surface area contributed by atoms with Crippen molar-refractivity contribution in [2.45, 2.75) is 0 Å². The minimum atomic E-state index is -0.421. The number of nitrogens with zero attached hydrogens (tertiary/aromatic N) is 5. The van der Waals surface area contributed by atoms with Crippen LogP contribution in [0, 0.1) is 0 Å². The summed E-state index contributed by atoms with van der Waals surface area (Å²) in [6, 6.07) is 19.6. The molecule has 5 rings (SSSR count). The summed E-state index contributed by atoms with van der Waals surface area (Å²) in [4.78, 5) is 16.8. The fourth-order valence-electron chi connectivity index (χ4n) is 3.57. The molecule has 5 aromatic rings. The van der Waals surface area contributed by atoms with Gasteiger partial charge in [-0.3, -0.25) is 4.98 Å². The molecule has 3 heterocycles. The van der Waals surface area contributed by atoms with E-state index in [-0.39, 0.29) is 0 Å². The first kappa shape index (κ1) is 21.8. The van der Waals surface area contributed by atoms with Gasteiger partial charge in [-0.1, -0.05) is 12.1 Å². The van der Waals surface area contributed by atoms with Crippen molar-refractivity contribution in [2.24, 2.45) is 0 Å². The molecule has 0 aliphatic heterocycles. The third-order valence-corrected chi connectivity index (χ3v) is 5.25. The van der Waals surface area contributed by atoms with E-state index in [1.807, 2.05) is 42.5 Å². The third-order valence-electron chi connectivity index (χ3n) is 5.25. The van der Waals surface area contributed by atoms with E-state index in [1.165, 1.54) is 7.11 Å². The number of pyridine rings is 1. The average molecular weight is 467 g/mol. The minimum Gasteiger partial charge on any atom is -0.497 e. The lowest BCUT2D eigenvalue weighted by Crippen LogP contribution is -2.19. The van der Waals surface area contributed by atoms with Gasteiger partial charge in [-0.05, 0) is 48.5 Å². The molecule has 0 saturated heterocycles. The Morgan fingerprint density at radius 3 is 2.57 bits per heavy atom. The first-order valence-electron chi connectivity index (χ1n) is 10.7. The van der Waals surface area contributed by atoms with Gasteiger partial charge in [0.15, 0.2) is 11.5 Å². The Labute approximate surface area is 200 Å². The van der Waals surface area contributed by atoms with Gasteiger partial charge in [0.2, 0.25) is 0 Å². The summed E-state index contributed by atoms with van der Waals surface area (Å²) >= 11 is 0. The number of hydrogen-bond acceptors (Lipinski definition) is 7. The van der Waals surface area contributed by atoms with Gasteiger partial charge in [-0.15, -0.1) is 10.2 Å². The molecule has 2 N–H and O–H groups in total. The predicted molar refractivity (Wildman–Crippen MR) is 132 cm³/mol. The Bertz CT molecular complexity index is 1500. The Balaban J connectivity index is 1.39. The highest BCUT2D eigenvalue weighted by Crippen LogP contribution is 2.29. The molecule has 10 nitrogen and oxygen atoms in total. The van der Waals surface area contributed by atoms with E-state index in [0.29, 0.717) is 40.0 Å². The highest BCUT2D eigenvalue weighted by molar-refractivity contribution is 6.01. The van der Waals surface area contributed by atoms with Gasteiger partial charge in [0.05, 0.1) is 25.6 Å². The number of hydrogen-bond donors (Lipinski definition) is 2. The topological polar surface area (TPSA) is 116 Å². The van der Waals surface area contributed by atoms with Gasteiger partial charge in [0.25, 0.3) is 0 Å². The maximum atomic E-state index is 12.7. The van der Waals surface area contributed by atoms with E-state index in [4.69, 9.17) is 14.6 Å².